The van der Waals surface area contributed by atoms with Crippen molar-refractivity contribution in [1.82, 2.24) is 5.32 Å². The summed E-state index contributed by atoms with van der Waals surface area (Å²) in [6.07, 6.45) is 4.52. The first kappa shape index (κ1) is 20.4. The lowest BCUT2D eigenvalue weighted by Crippen LogP contribution is -2.48. The molecule has 2 aromatic carbocycles. The zero-order valence-electron chi connectivity index (χ0n) is 16.7. The second-order valence-electron chi connectivity index (χ2n) is 8.22. The Morgan fingerprint density at radius 3 is 2.45 bits per heavy atom. The molecule has 1 spiro atoms. The molecule has 5 nitrogen and oxygen atoms in total. The zero-order chi connectivity index (χ0) is 20.3. The van der Waals surface area contributed by atoms with Crippen molar-refractivity contribution in [2.75, 3.05) is 25.4 Å². The van der Waals surface area contributed by atoms with E-state index in [1.54, 1.807) is 0 Å². The summed E-state index contributed by atoms with van der Waals surface area (Å²) in [7, 11) is -3.18. The number of ether oxygens (including phenoxy) is 1. The number of nitrogens with one attached hydrogen (secondary N) is 1. The van der Waals surface area contributed by atoms with E-state index in [1.807, 2.05) is 24.3 Å². The monoisotopic (exact) mass is 415 g/mol. The lowest BCUT2D eigenvalue weighted by Gasteiger charge is -2.41. The second-order valence-corrected chi connectivity index (χ2v) is 10.4. The molecule has 2 aliphatic rings. The Morgan fingerprint density at radius 1 is 1.00 bits per heavy atom. The van der Waals surface area contributed by atoms with Gasteiger partial charge in [-0.25, -0.2) is 8.42 Å². The van der Waals surface area contributed by atoms with Crippen LogP contribution in [0.3, 0.4) is 0 Å². The normalized spacial score (nSPS) is 18.2. The van der Waals surface area contributed by atoms with Crippen LogP contribution in [-0.2, 0) is 22.0 Å². The number of piperidine rings is 1. The minimum Gasteiger partial charge on any atom is -0.487 e. The van der Waals surface area contributed by atoms with Gasteiger partial charge >= 0.3 is 0 Å². The molecule has 6 heteroatoms. The Balaban J connectivity index is 1.47. The molecule has 0 saturated carbocycles. The van der Waals surface area contributed by atoms with Gasteiger partial charge in [-0.15, -0.1) is 0 Å². The summed E-state index contributed by atoms with van der Waals surface area (Å²) >= 11 is 0. The summed E-state index contributed by atoms with van der Waals surface area (Å²) in [4.78, 5) is 0. The van der Waals surface area contributed by atoms with Crippen molar-refractivity contribution in [3.8, 4) is 16.9 Å². The van der Waals surface area contributed by atoms with Crippen LogP contribution >= 0.6 is 0 Å². The molecule has 2 N–H and O–H groups in total. The number of fused-ring (bicyclic) bond motifs is 1. The molecule has 2 aromatic rings. The quantitative estimate of drug-likeness (QED) is 0.758. The summed E-state index contributed by atoms with van der Waals surface area (Å²) in [5.74, 6) is 1.05. The first-order valence-electron chi connectivity index (χ1n) is 10.4. The fourth-order valence-corrected chi connectivity index (χ4v) is 5.75. The van der Waals surface area contributed by atoms with Crippen molar-refractivity contribution >= 4 is 9.84 Å². The number of hydrogen-bond donors (Lipinski definition) is 2. The molecule has 0 amide bonds. The summed E-state index contributed by atoms with van der Waals surface area (Å²) in [5.41, 5.74) is 4.24. The van der Waals surface area contributed by atoms with Gasteiger partial charge in [0.05, 0.1) is 11.5 Å². The average molecular weight is 416 g/mol. The van der Waals surface area contributed by atoms with Gasteiger partial charge in [0.1, 0.15) is 11.4 Å². The number of rotatable bonds is 6. The standard InChI is InChI=1S/C23H29NO4S/c25-14-1-15-29(26,27)17-18-2-4-19(5-3-18)20-6-7-22-21(16-20)8-9-23(28-22)10-12-24-13-11-23/h2-7,16,24-25H,1,8-15,17H2. The van der Waals surface area contributed by atoms with Crippen molar-refractivity contribution in [2.24, 2.45) is 0 Å². The van der Waals surface area contributed by atoms with Crippen molar-refractivity contribution in [1.29, 1.82) is 0 Å². The smallest absolute Gasteiger partial charge is 0.154 e. The van der Waals surface area contributed by atoms with Crippen molar-refractivity contribution in [2.45, 2.75) is 43.5 Å². The fraction of sp³-hybridized carbons (Fsp3) is 0.478. The SMILES string of the molecule is O=S(=O)(CCCO)Cc1ccc(-c2ccc3c(c2)CCC2(CCNCC2)O3)cc1. The lowest BCUT2D eigenvalue weighted by atomic mass is 9.83. The minimum absolute atomic E-state index is 0.00291. The second kappa shape index (κ2) is 8.46. The molecule has 0 atom stereocenters. The van der Waals surface area contributed by atoms with Crippen LogP contribution in [-0.4, -0.2) is 44.6 Å². The van der Waals surface area contributed by atoms with Crippen LogP contribution in [0.4, 0.5) is 0 Å². The zero-order valence-corrected chi connectivity index (χ0v) is 17.5. The maximum Gasteiger partial charge on any atom is 0.154 e. The van der Waals surface area contributed by atoms with Crippen LogP contribution in [0.2, 0.25) is 0 Å². The molecule has 0 bridgehead atoms. The van der Waals surface area contributed by atoms with E-state index in [4.69, 9.17) is 9.84 Å². The van der Waals surface area contributed by atoms with Crippen molar-refractivity contribution in [3.05, 3.63) is 53.6 Å². The van der Waals surface area contributed by atoms with Crippen LogP contribution in [0.1, 0.15) is 36.8 Å². The summed E-state index contributed by atoms with van der Waals surface area (Å²) in [6, 6.07) is 14.1. The van der Waals surface area contributed by atoms with E-state index in [-0.39, 0.29) is 30.1 Å². The molecule has 1 saturated heterocycles. The van der Waals surface area contributed by atoms with Crippen LogP contribution in [0.15, 0.2) is 42.5 Å². The molecule has 29 heavy (non-hydrogen) atoms. The van der Waals surface area contributed by atoms with Crippen molar-refractivity contribution < 1.29 is 18.3 Å². The summed E-state index contributed by atoms with van der Waals surface area (Å²) in [5, 5.41) is 12.2. The largest absolute Gasteiger partial charge is 0.487 e. The van der Waals surface area contributed by atoms with Gasteiger partial charge in [-0.05, 0) is 79.6 Å². The highest BCUT2D eigenvalue weighted by Crippen LogP contribution is 2.39. The first-order valence-corrected chi connectivity index (χ1v) is 12.2. The Labute approximate surface area is 173 Å². The Kier molecular flexibility index (Phi) is 5.95. The third-order valence-electron chi connectivity index (χ3n) is 6.04. The maximum absolute atomic E-state index is 12.1. The van der Waals surface area contributed by atoms with Gasteiger partial charge in [-0.3, -0.25) is 0 Å². The van der Waals surface area contributed by atoms with Gasteiger partial charge in [-0.1, -0.05) is 30.3 Å². The van der Waals surface area contributed by atoms with E-state index >= 15 is 0 Å². The molecule has 4 rings (SSSR count). The number of aliphatic hydroxyl groups excluding tert-OH is 1. The van der Waals surface area contributed by atoms with E-state index in [0.717, 1.165) is 61.2 Å². The molecule has 0 radical (unpaired) electrons. The van der Waals surface area contributed by atoms with Crippen LogP contribution in [0, 0.1) is 0 Å². The van der Waals surface area contributed by atoms with Gasteiger partial charge in [0, 0.05) is 6.61 Å². The average Bonchev–Trinajstić information content (AvgIpc) is 2.73. The van der Waals surface area contributed by atoms with E-state index in [2.05, 4.69) is 23.5 Å². The van der Waals surface area contributed by atoms with Gasteiger partial charge in [0.15, 0.2) is 9.84 Å². The van der Waals surface area contributed by atoms with E-state index < -0.39 is 9.84 Å². The Bertz CT molecular complexity index is 947. The number of hydrogen-bond acceptors (Lipinski definition) is 5. The number of benzene rings is 2. The molecule has 2 heterocycles. The van der Waals surface area contributed by atoms with Gasteiger partial charge in [-0.2, -0.15) is 0 Å². The molecule has 0 aliphatic carbocycles. The Hall–Kier alpha value is -1.89. The van der Waals surface area contributed by atoms with Crippen LogP contribution in [0.5, 0.6) is 5.75 Å². The number of aryl methyl sites for hydroxylation is 1. The minimum atomic E-state index is -3.18. The number of sulfone groups is 1. The molecule has 2 aliphatic heterocycles. The van der Waals surface area contributed by atoms with Gasteiger partial charge in [0.25, 0.3) is 0 Å². The van der Waals surface area contributed by atoms with E-state index in [1.165, 1.54) is 5.56 Å². The van der Waals surface area contributed by atoms with Gasteiger partial charge in [0.2, 0.25) is 0 Å². The molecular formula is C23H29NO4S. The molecule has 0 unspecified atom stereocenters. The van der Waals surface area contributed by atoms with E-state index in [0.29, 0.717) is 0 Å². The third kappa shape index (κ3) is 4.82. The highest BCUT2D eigenvalue weighted by molar-refractivity contribution is 7.90. The molecule has 1 fully saturated rings. The van der Waals surface area contributed by atoms with Crippen LogP contribution in [0.25, 0.3) is 11.1 Å². The highest BCUT2D eigenvalue weighted by atomic mass is 32.2. The fourth-order valence-electron chi connectivity index (χ4n) is 4.34. The molecule has 156 valence electrons. The summed E-state index contributed by atoms with van der Waals surface area (Å²) in [6.45, 7) is 1.95. The highest BCUT2D eigenvalue weighted by Gasteiger charge is 2.37. The lowest BCUT2D eigenvalue weighted by molar-refractivity contribution is 0.0170. The third-order valence-corrected chi connectivity index (χ3v) is 7.72. The molecule has 0 aromatic heterocycles. The van der Waals surface area contributed by atoms with Crippen molar-refractivity contribution in [3.63, 3.8) is 0 Å². The topological polar surface area (TPSA) is 75.6 Å². The molecular weight excluding hydrogens is 386 g/mol. The van der Waals surface area contributed by atoms with Gasteiger partial charge < -0.3 is 15.2 Å². The van der Waals surface area contributed by atoms with E-state index in [9.17, 15) is 8.42 Å². The summed E-state index contributed by atoms with van der Waals surface area (Å²) < 4.78 is 30.6. The Morgan fingerprint density at radius 2 is 1.72 bits per heavy atom. The first-order chi connectivity index (χ1) is 14.0. The maximum atomic E-state index is 12.1. The predicted octanol–water partition coefficient (Wildman–Crippen LogP) is 3.10. The van der Waals surface area contributed by atoms with Crippen LogP contribution < -0.4 is 10.1 Å². The predicted molar refractivity (Wildman–Crippen MR) is 115 cm³/mol. The number of aliphatic hydroxyl groups is 1.